The van der Waals surface area contributed by atoms with Crippen molar-refractivity contribution in [2.75, 3.05) is 37.6 Å². The highest BCUT2D eigenvalue weighted by atomic mass is 19.1. The molecular weight excluding hydrogens is 263 g/mol. The number of hydrogen-bond donors (Lipinski definition) is 0. The largest absolute Gasteiger partial charge is 0.367 e. The molecule has 0 unspecified atom stereocenters. The average Bonchev–Trinajstić information content (AvgIpc) is 3.11. The molecule has 2 nitrogen and oxygen atoms in total. The Hall–Kier alpha value is -1.35. The lowest BCUT2D eigenvalue weighted by atomic mass is 9.93. The zero-order valence-electron chi connectivity index (χ0n) is 12.4. The lowest BCUT2D eigenvalue weighted by Crippen LogP contribution is -2.48. The van der Waals surface area contributed by atoms with E-state index in [1.165, 1.54) is 19.4 Å². The van der Waals surface area contributed by atoms with Gasteiger partial charge in [-0.2, -0.15) is 0 Å². The monoisotopic (exact) mass is 286 g/mol. The average molecular weight is 286 g/mol. The van der Waals surface area contributed by atoms with Crippen molar-refractivity contribution in [2.24, 2.45) is 17.8 Å². The molecule has 3 aliphatic rings. The Morgan fingerprint density at radius 2 is 1.81 bits per heavy atom. The summed E-state index contributed by atoms with van der Waals surface area (Å²) in [4.78, 5) is 4.77. The summed E-state index contributed by atoms with van der Waals surface area (Å²) >= 11 is 0. The van der Waals surface area contributed by atoms with Crippen LogP contribution >= 0.6 is 0 Å². The number of anilines is 1. The Bertz CT molecular complexity index is 534. The molecule has 3 heteroatoms. The molecule has 0 amide bonds. The maximum absolute atomic E-state index is 13.8. The zero-order chi connectivity index (χ0) is 14.2. The van der Waals surface area contributed by atoms with Crippen molar-refractivity contribution in [1.82, 2.24) is 4.90 Å². The number of allylic oxidation sites excluding steroid dienone is 2. The standard InChI is InChI=1S/C18H23FN2/c19-17-3-1-2-4-18(17)21-9-7-20(8-10-21)13-16-12-14-5-6-15(16)11-14/h1-6,14-16H,7-13H2/t14-,15-,16-/m0/s1. The van der Waals surface area contributed by atoms with Crippen LogP contribution in [0.15, 0.2) is 36.4 Å². The molecule has 112 valence electrons. The Morgan fingerprint density at radius 1 is 1.00 bits per heavy atom. The maximum Gasteiger partial charge on any atom is 0.146 e. The predicted molar refractivity (Wildman–Crippen MR) is 83.9 cm³/mol. The molecule has 0 N–H and O–H groups in total. The second-order valence-electron chi connectivity index (χ2n) is 6.78. The van der Waals surface area contributed by atoms with Crippen LogP contribution in [0.5, 0.6) is 0 Å². The summed E-state index contributed by atoms with van der Waals surface area (Å²) < 4.78 is 13.8. The summed E-state index contributed by atoms with van der Waals surface area (Å²) in [5, 5.41) is 0. The third-order valence-electron chi connectivity index (χ3n) is 5.47. The van der Waals surface area contributed by atoms with Crippen LogP contribution in [0.2, 0.25) is 0 Å². The first-order valence-corrected chi connectivity index (χ1v) is 8.20. The molecule has 1 saturated heterocycles. The van der Waals surface area contributed by atoms with E-state index in [-0.39, 0.29) is 5.82 Å². The van der Waals surface area contributed by atoms with Crippen molar-refractivity contribution in [3.63, 3.8) is 0 Å². The van der Waals surface area contributed by atoms with Gasteiger partial charge in [-0.05, 0) is 42.7 Å². The van der Waals surface area contributed by atoms with E-state index in [1.807, 2.05) is 12.1 Å². The summed E-state index contributed by atoms with van der Waals surface area (Å²) in [7, 11) is 0. The number of benzene rings is 1. The van der Waals surface area contributed by atoms with Crippen molar-refractivity contribution < 1.29 is 4.39 Å². The van der Waals surface area contributed by atoms with Crippen molar-refractivity contribution in [3.8, 4) is 0 Å². The summed E-state index contributed by atoms with van der Waals surface area (Å²) in [5.74, 6) is 2.46. The molecule has 4 rings (SSSR count). The fourth-order valence-corrected chi connectivity index (χ4v) is 4.32. The van der Waals surface area contributed by atoms with E-state index in [0.717, 1.165) is 49.6 Å². The minimum Gasteiger partial charge on any atom is -0.367 e. The molecule has 2 aliphatic carbocycles. The first kappa shape index (κ1) is 13.3. The minimum absolute atomic E-state index is 0.0933. The van der Waals surface area contributed by atoms with Gasteiger partial charge in [-0.15, -0.1) is 0 Å². The summed E-state index contributed by atoms with van der Waals surface area (Å²) in [6, 6.07) is 7.14. The quantitative estimate of drug-likeness (QED) is 0.788. The van der Waals surface area contributed by atoms with Gasteiger partial charge in [0.05, 0.1) is 5.69 Å². The SMILES string of the molecule is Fc1ccccc1N1CCN(C[C@@H]2C[C@H]3C=C[C@H]2C3)CC1. The van der Waals surface area contributed by atoms with Gasteiger partial charge in [-0.3, -0.25) is 4.90 Å². The van der Waals surface area contributed by atoms with Crippen LogP contribution in [-0.4, -0.2) is 37.6 Å². The molecule has 2 fully saturated rings. The number of rotatable bonds is 3. The number of nitrogens with zero attached hydrogens (tertiary/aromatic N) is 2. The van der Waals surface area contributed by atoms with Gasteiger partial charge in [0.1, 0.15) is 5.82 Å². The Kier molecular flexibility index (Phi) is 3.46. The molecule has 0 spiro atoms. The Labute approximate surface area is 126 Å². The van der Waals surface area contributed by atoms with E-state index < -0.39 is 0 Å². The molecule has 21 heavy (non-hydrogen) atoms. The first-order chi connectivity index (χ1) is 10.3. The summed E-state index contributed by atoms with van der Waals surface area (Å²) in [6.45, 7) is 5.24. The molecule has 1 heterocycles. The van der Waals surface area contributed by atoms with Crippen LogP contribution in [0.3, 0.4) is 0 Å². The highest BCUT2D eigenvalue weighted by Gasteiger charge is 2.36. The summed E-state index contributed by atoms with van der Waals surface area (Å²) in [5.41, 5.74) is 0.764. The van der Waals surface area contributed by atoms with Crippen LogP contribution in [0.25, 0.3) is 0 Å². The van der Waals surface area contributed by atoms with Gasteiger partial charge in [-0.1, -0.05) is 24.3 Å². The highest BCUT2D eigenvalue weighted by Crippen LogP contribution is 2.43. The van der Waals surface area contributed by atoms with Crippen LogP contribution < -0.4 is 4.90 Å². The van der Waals surface area contributed by atoms with E-state index in [9.17, 15) is 4.39 Å². The van der Waals surface area contributed by atoms with E-state index in [2.05, 4.69) is 22.0 Å². The molecule has 3 atom stereocenters. The number of piperazine rings is 1. The highest BCUT2D eigenvalue weighted by molar-refractivity contribution is 5.47. The lowest BCUT2D eigenvalue weighted by molar-refractivity contribution is 0.204. The van der Waals surface area contributed by atoms with E-state index >= 15 is 0 Å². The van der Waals surface area contributed by atoms with Gasteiger partial charge < -0.3 is 4.90 Å². The fourth-order valence-electron chi connectivity index (χ4n) is 4.32. The second kappa shape index (κ2) is 5.45. The van der Waals surface area contributed by atoms with Gasteiger partial charge in [-0.25, -0.2) is 4.39 Å². The lowest BCUT2D eigenvalue weighted by Gasteiger charge is -2.38. The second-order valence-corrected chi connectivity index (χ2v) is 6.78. The third kappa shape index (κ3) is 2.59. The topological polar surface area (TPSA) is 6.48 Å². The van der Waals surface area contributed by atoms with Gasteiger partial charge in [0.2, 0.25) is 0 Å². The molecular formula is C18H23FN2. The number of fused-ring (bicyclic) bond motifs is 2. The normalized spacial score (nSPS) is 32.0. The Balaban J connectivity index is 1.33. The summed E-state index contributed by atoms with van der Waals surface area (Å²) in [6.07, 6.45) is 7.63. The molecule has 1 aliphatic heterocycles. The maximum atomic E-state index is 13.8. The first-order valence-electron chi connectivity index (χ1n) is 8.20. The predicted octanol–water partition coefficient (Wildman–Crippen LogP) is 3.16. The zero-order valence-corrected chi connectivity index (χ0v) is 12.4. The molecule has 1 aromatic rings. The Morgan fingerprint density at radius 3 is 2.48 bits per heavy atom. The number of halogens is 1. The van der Waals surface area contributed by atoms with Gasteiger partial charge in [0.25, 0.3) is 0 Å². The smallest absolute Gasteiger partial charge is 0.146 e. The van der Waals surface area contributed by atoms with Gasteiger partial charge >= 0.3 is 0 Å². The van der Waals surface area contributed by atoms with Gasteiger partial charge in [0, 0.05) is 32.7 Å². The molecule has 0 aromatic heterocycles. The number of hydrogen-bond acceptors (Lipinski definition) is 2. The van der Waals surface area contributed by atoms with E-state index in [0.29, 0.717) is 0 Å². The minimum atomic E-state index is -0.0933. The van der Waals surface area contributed by atoms with Crippen molar-refractivity contribution in [2.45, 2.75) is 12.8 Å². The van der Waals surface area contributed by atoms with Crippen molar-refractivity contribution >= 4 is 5.69 Å². The van der Waals surface area contributed by atoms with Gasteiger partial charge in [0.15, 0.2) is 0 Å². The molecule has 0 radical (unpaired) electrons. The van der Waals surface area contributed by atoms with E-state index in [4.69, 9.17) is 0 Å². The van der Waals surface area contributed by atoms with Crippen molar-refractivity contribution in [1.29, 1.82) is 0 Å². The van der Waals surface area contributed by atoms with Crippen LogP contribution in [0.4, 0.5) is 10.1 Å². The van der Waals surface area contributed by atoms with Crippen LogP contribution in [-0.2, 0) is 0 Å². The number of para-hydroxylation sites is 1. The van der Waals surface area contributed by atoms with Crippen LogP contribution in [0, 0.1) is 23.6 Å². The fraction of sp³-hybridized carbons (Fsp3) is 0.556. The molecule has 1 saturated carbocycles. The third-order valence-corrected chi connectivity index (χ3v) is 5.47. The van der Waals surface area contributed by atoms with Crippen LogP contribution in [0.1, 0.15) is 12.8 Å². The van der Waals surface area contributed by atoms with Crippen molar-refractivity contribution in [3.05, 3.63) is 42.2 Å². The molecule has 2 bridgehead atoms. The van der Waals surface area contributed by atoms with E-state index in [1.54, 1.807) is 12.1 Å². The molecule has 1 aromatic carbocycles.